The van der Waals surface area contributed by atoms with E-state index in [4.69, 9.17) is 0 Å². The maximum absolute atomic E-state index is 3.41. The predicted octanol–water partition coefficient (Wildman–Crippen LogP) is 2.55. The molecule has 13 heavy (non-hydrogen) atoms. The summed E-state index contributed by atoms with van der Waals surface area (Å²) in [5.41, 5.74) is 3.41. The van der Waals surface area contributed by atoms with Gasteiger partial charge in [-0.3, -0.25) is 0 Å². The first-order valence-corrected chi connectivity index (χ1v) is 7.72. The normalized spacial score (nSPS) is 10.4. The molecular formula is C12H16Si. The van der Waals surface area contributed by atoms with E-state index in [9.17, 15) is 0 Å². The van der Waals surface area contributed by atoms with E-state index in [1.54, 1.807) is 0 Å². The van der Waals surface area contributed by atoms with E-state index in [0.29, 0.717) is 0 Å². The van der Waals surface area contributed by atoms with Crippen molar-refractivity contribution in [3.8, 4) is 11.5 Å². The minimum absolute atomic E-state index is 0.962. The van der Waals surface area contributed by atoms with Crippen molar-refractivity contribution in [1.29, 1.82) is 0 Å². The van der Waals surface area contributed by atoms with Crippen molar-refractivity contribution in [3.05, 3.63) is 30.3 Å². The Hall–Kier alpha value is -1.00. The fourth-order valence-corrected chi connectivity index (χ4v) is 3.03. The van der Waals surface area contributed by atoms with E-state index in [1.807, 2.05) is 0 Å². The summed E-state index contributed by atoms with van der Waals surface area (Å²) >= 11 is 0. The second kappa shape index (κ2) is 4.29. The topological polar surface area (TPSA) is 0 Å². The minimum atomic E-state index is -1.46. The van der Waals surface area contributed by atoms with Gasteiger partial charge >= 0.3 is 0 Å². The van der Waals surface area contributed by atoms with Crippen molar-refractivity contribution in [2.75, 3.05) is 0 Å². The average molecular weight is 188 g/mol. The van der Waals surface area contributed by atoms with Gasteiger partial charge in [0.1, 0.15) is 0 Å². The smallest absolute Gasteiger partial charge is 0.126 e. The van der Waals surface area contributed by atoms with E-state index < -0.39 is 8.07 Å². The van der Waals surface area contributed by atoms with Crippen LogP contribution in [0.2, 0.25) is 13.1 Å². The number of benzene rings is 1. The van der Waals surface area contributed by atoms with Crippen molar-refractivity contribution in [2.45, 2.75) is 26.4 Å². The summed E-state index contributed by atoms with van der Waals surface area (Å²) in [6.45, 7) is 6.69. The molecule has 1 aromatic rings. The second-order valence-corrected chi connectivity index (χ2v) is 7.72. The van der Waals surface area contributed by atoms with Gasteiger partial charge in [0, 0.05) is 6.42 Å². The summed E-state index contributed by atoms with van der Waals surface area (Å²) in [4.78, 5) is 0. The second-order valence-electron chi connectivity index (χ2n) is 3.65. The third-order valence-electron chi connectivity index (χ3n) is 2.07. The van der Waals surface area contributed by atoms with Crippen LogP contribution < -0.4 is 5.19 Å². The summed E-state index contributed by atoms with van der Waals surface area (Å²) in [6, 6.07) is 10.6. The van der Waals surface area contributed by atoms with E-state index in [1.165, 1.54) is 5.19 Å². The highest BCUT2D eigenvalue weighted by Crippen LogP contribution is 2.01. The summed E-state index contributed by atoms with van der Waals surface area (Å²) in [7, 11) is -1.46. The zero-order chi connectivity index (χ0) is 9.73. The van der Waals surface area contributed by atoms with Crippen molar-refractivity contribution in [3.63, 3.8) is 0 Å². The molecule has 0 radical (unpaired) electrons. The lowest BCUT2D eigenvalue weighted by Gasteiger charge is -2.14. The SMILES string of the molecule is CCC#C[Si](C)(C)c1ccccc1. The number of hydrogen-bond donors (Lipinski definition) is 0. The molecule has 0 nitrogen and oxygen atoms in total. The van der Waals surface area contributed by atoms with Gasteiger partial charge in [0.25, 0.3) is 0 Å². The van der Waals surface area contributed by atoms with Crippen molar-refractivity contribution in [1.82, 2.24) is 0 Å². The molecule has 0 N–H and O–H groups in total. The highest BCUT2D eigenvalue weighted by Gasteiger charge is 2.19. The van der Waals surface area contributed by atoms with Gasteiger partial charge < -0.3 is 0 Å². The molecule has 0 heterocycles. The molecule has 0 bridgehead atoms. The molecule has 0 aromatic heterocycles. The van der Waals surface area contributed by atoms with Gasteiger partial charge in [0.05, 0.1) is 0 Å². The summed E-state index contributed by atoms with van der Waals surface area (Å²) < 4.78 is 0. The van der Waals surface area contributed by atoms with Crippen LogP contribution in [0.25, 0.3) is 0 Å². The maximum atomic E-state index is 3.41. The maximum Gasteiger partial charge on any atom is 0.162 e. The Morgan fingerprint density at radius 2 is 1.77 bits per heavy atom. The summed E-state index contributed by atoms with van der Waals surface area (Å²) in [6.07, 6.45) is 0.962. The lowest BCUT2D eigenvalue weighted by molar-refractivity contribution is 1.28. The molecule has 1 heteroatoms. The Bertz CT molecular complexity index is 314. The fraction of sp³-hybridized carbons (Fsp3) is 0.333. The van der Waals surface area contributed by atoms with Crippen LogP contribution >= 0.6 is 0 Å². The minimum Gasteiger partial charge on any atom is -0.126 e. The van der Waals surface area contributed by atoms with Crippen LogP contribution in [0, 0.1) is 11.5 Å². The quantitative estimate of drug-likeness (QED) is 0.469. The molecule has 0 saturated carbocycles. The largest absolute Gasteiger partial charge is 0.162 e. The lowest BCUT2D eigenvalue weighted by atomic mass is 10.4. The molecular weight excluding hydrogens is 172 g/mol. The van der Waals surface area contributed by atoms with Crippen molar-refractivity contribution in [2.24, 2.45) is 0 Å². The van der Waals surface area contributed by atoms with Gasteiger partial charge in [-0.2, -0.15) is 0 Å². The number of rotatable bonds is 1. The van der Waals surface area contributed by atoms with Gasteiger partial charge in [-0.15, -0.1) is 11.5 Å². The van der Waals surface area contributed by atoms with Crippen molar-refractivity contribution < 1.29 is 0 Å². The van der Waals surface area contributed by atoms with E-state index in [-0.39, 0.29) is 0 Å². The molecule has 1 rings (SSSR count). The highest BCUT2D eigenvalue weighted by molar-refractivity contribution is 6.96. The third-order valence-corrected chi connectivity index (χ3v) is 4.65. The fourth-order valence-electron chi connectivity index (χ4n) is 1.24. The molecule has 0 aliphatic carbocycles. The first-order valence-electron chi connectivity index (χ1n) is 4.72. The molecule has 0 spiro atoms. The standard InChI is InChI=1S/C12H16Si/c1-4-5-11-13(2,3)12-9-7-6-8-10-12/h6-10H,4H2,1-3H3. The first-order chi connectivity index (χ1) is 6.17. The van der Waals surface area contributed by atoms with Crippen LogP contribution in [0.1, 0.15) is 13.3 Å². The number of hydrogen-bond acceptors (Lipinski definition) is 0. The molecule has 0 saturated heterocycles. The Balaban J connectivity index is 2.94. The van der Waals surface area contributed by atoms with Gasteiger partial charge in [-0.25, -0.2) is 0 Å². The third kappa shape index (κ3) is 2.75. The molecule has 0 aliphatic heterocycles. The molecule has 0 amide bonds. The Labute approximate surface area is 82.0 Å². The molecule has 1 aromatic carbocycles. The molecule has 68 valence electrons. The van der Waals surface area contributed by atoms with Crippen molar-refractivity contribution >= 4 is 13.3 Å². The van der Waals surface area contributed by atoms with Crippen LogP contribution in [-0.4, -0.2) is 8.07 Å². The van der Waals surface area contributed by atoms with Crippen LogP contribution in [0.15, 0.2) is 30.3 Å². The van der Waals surface area contributed by atoms with Gasteiger partial charge in [0.15, 0.2) is 8.07 Å². The van der Waals surface area contributed by atoms with Gasteiger partial charge in [-0.05, 0) is 5.19 Å². The van der Waals surface area contributed by atoms with E-state index >= 15 is 0 Å². The van der Waals surface area contributed by atoms with Gasteiger partial charge in [-0.1, -0.05) is 50.3 Å². The van der Waals surface area contributed by atoms with Crippen LogP contribution in [0.4, 0.5) is 0 Å². The zero-order valence-electron chi connectivity index (χ0n) is 8.59. The lowest BCUT2D eigenvalue weighted by Crippen LogP contribution is -2.39. The van der Waals surface area contributed by atoms with E-state index in [2.05, 4.69) is 61.8 Å². The molecule has 0 fully saturated rings. The Morgan fingerprint density at radius 3 is 2.31 bits per heavy atom. The van der Waals surface area contributed by atoms with Gasteiger partial charge in [0.2, 0.25) is 0 Å². The predicted molar refractivity (Wildman–Crippen MR) is 61.6 cm³/mol. The highest BCUT2D eigenvalue weighted by atomic mass is 28.3. The van der Waals surface area contributed by atoms with Crippen LogP contribution in [0.5, 0.6) is 0 Å². The average Bonchev–Trinajstić information content (AvgIpc) is 2.16. The summed E-state index contributed by atoms with van der Waals surface area (Å²) in [5.74, 6) is 3.20. The molecule has 0 aliphatic rings. The molecule has 0 unspecified atom stereocenters. The monoisotopic (exact) mass is 188 g/mol. The zero-order valence-corrected chi connectivity index (χ0v) is 9.59. The molecule has 0 atom stereocenters. The summed E-state index contributed by atoms with van der Waals surface area (Å²) in [5, 5.41) is 1.43. The van der Waals surface area contributed by atoms with Crippen LogP contribution in [0.3, 0.4) is 0 Å². The van der Waals surface area contributed by atoms with Crippen LogP contribution in [-0.2, 0) is 0 Å². The Morgan fingerprint density at radius 1 is 1.15 bits per heavy atom. The Kier molecular flexibility index (Phi) is 3.33. The van der Waals surface area contributed by atoms with E-state index in [0.717, 1.165) is 6.42 Å². The first kappa shape index (κ1) is 10.1.